The summed E-state index contributed by atoms with van der Waals surface area (Å²) in [5.41, 5.74) is 2.08. The van der Waals surface area contributed by atoms with E-state index in [1.54, 1.807) is 0 Å². The van der Waals surface area contributed by atoms with Gasteiger partial charge in [0.2, 0.25) is 0 Å². The van der Waals surface area contributed by atoms with Crippen LogP contribution in [0.15, 0.2) is 72.8 Å². The van der Waals surface area contributed by atoms with Gasteiger partial charge in [0.05, 0.1) is 0 Å². The van der Waals surface area contributed by atoms with E-state index in [4.69, 9.17) is 0 Å². The van der Waals surface area contributed by atoms with E-state index in [1.807, 2.05) is 60.7 Å². The van der Waals surface area contributed by atoms with Crippen LogP contribution in [0.1, 0.15) is 15.9 Å². The Balaban J connectivity index is 0.000000163. The Labute approximate surface area is 113 Å². The van der Waals surface area contributed by atoms with Crippen LogP contribution >= 0.6 is 0 Å². The lowest BCUT2D eigenvalue weighted by Gasteiger charge is -1.98. The molecule has 0 N–H and O–H groups in total. The molecule has 0 aliphatic carbocycles. The number of carbonyl (C=O) groups excluding carboxylic acids is 1. The van der Waals surface area contributed by atoms with Gasteiger partial charge in [0.1, 0.15) is 0 Å². The second-order valence-electron chi connectivity index (χ2n) is 4.34. The van der Waals surface area contributed by atoms with Crippen LogP contribution < -0.4 is 0 Å². The first-order chi connectivity index (χ1) is 9.31. The van der Waals surface area contributed by atoms with Gasteiger partial charge in [0.15, 0.2) is 6.29 Å². The van der Waals surface area contributed by atoms with Crippen LogP contribution in [0.25, 0.3) is 10.8 Å². The van der Waals surface area contributed by atoms with E-state index in [9.17, 15) is 4.79 Å². The molecule has 1 nitrogen and oxygen atoms in total. The summed E-state index contributed by atoms with van der Waals surface area (Å²) in [4.78, 5) is 10.6. The molecule has 0 aromatic heterocycles. The third-order valence-corrected chi connectivity index (χ3v) is 2.89. The molecule has 0 atom stereocenters. The zero-order chi connectivity index (χ0) is 13.5. The molecule has 3 aromatic rings. The third kappa shape index (κ3) is 3.52. The maximum Gasteiger partial charge on any atom is 0.150 e. The van der Waals surface area contributed by atoms with Crippen LogP contribution in [0.4, 0.5) is 0 Å². The van der Waals surface area contributed by atoms with Crippen molar-refractivity contribution in [2.75, 3.05) is 0 Å². The normalized spacial score (nSPS) is 9.53. The summed E-state index contributed by atoms with van der Waals surface area (Å²) in [5.74, 6) is 0. The molecule has 0 saturated heterocycles. The van der Waals surface area contributed by atoms with Gasteiger partial charge < -0.3 is 0 Å². The quantitative estimate of drug-likeness (QED) is 0.573. The van der Waals surface area contributed by atoms with Gasteiger partial charge in [-0.05, 0) is 17.7 Å². The van der Waals surface area contributed by atoms with Gasteiger partial charge in [0.25, 0.3) is 0 Å². The lowest BCUT2D eigenvalue weighted by atomic mass is 10.1. The van der Waals surface area contributed by atoms with E-state index >= 15 is 0 Å². The highest BCUT2D eigenvalue weighted by atomic mass is 16.1. The summed E-state index contributed by atoms with van der Waals surface area (Å²) < 4.78 is 0. The minimum absolute atomic E-state index is 0.758. The van der Waals surface area contributed by atoms with E-state index in [-0.39, 0.29) is 0 Å². The molecule has 19 heavy (non-hydrogen) atoms. The number of aryl methyl sites for hydroxylation is 1. The number of hydrogen-bond acceptors (Lipinski definition) is 1. The van der Waals surface area contributed by atoms with Crippen molar-refractivity contribution in [1.82, 2.24) is 0 Å². The van der Waals surface area contributed by atoms with Crippen LogP contribution in [0.3, 0.4) is 0 Å². The zero-order valence-electron chi connectivity index (χ0n) is 10.9. The van der Waals surface area contributed by atoms with Gasteiger partial charge in [-0.3, -0.25) is 4.79 Å². The third-order valence-electron chi connectivity index (χ3n) is 2.89. The minimum atomic E-state index is 0.758. The Morgan fingerprint density at radius 3 is 2.00 bits per heavy atom. The topological polar surface area (TPSA) is 17.1 Å². The van der Waals surface area contributed by atoms with Crippen LogP contribution in [-0.4, -0.2) is 6.29 Å². The molecule has 0 saturated carbocycles. The molecule has 0 aliphatic rings. The summed E-state index contributed by atoms with van der Waals surface area (Å²) >= 11 is 0. The summed E-state index contributed by atoms with van der Waals surface area (Å²) in [6.45, 7) is 2.08. The Kier molecular flexibility index (Phi) is 4.46. The molecule has 0 unspecified atom stereocenters. The average Bonchev–Trinajstić information content (AvgIpc) is 2.48. The molecule has 0 amide bonds. The molecular formula is C18H16O. The molecule has 3 rings (SSSR count). The van der Waals surface area contributed by atoms with Gasteiger partial charge in [-0.1, -0.05) is 78.4 Å². The molecule has 0 radical (unpaired) electrons. The molecule has 0 heterocycles. The number of hydrogen-bond donors (Lipinski definition) is 0. The van der Waals surface area contributed by atoms with Gasteiger partial charge >= 0.3 is 0 Å². The maximum atomic E-state index is 10.6. The van der Waals surface area contributed by atoms with Crippen molar-refractivity contribution < 1.29 is 4.79 Å². The summed E-state index contributed by atoms with van der Waals surface area (Å²) in [7, 11) is 0. The first-order valence-electron chi connectivity index (χ1n) is 6.26. The van der Waals surface area contributed by atoms with E-state index in [0.29, 0.717) is 0 Å². The highest BCUT2D eigenvalue weighted by Gasteiger charge is 1.96. The average molecular weight is 248 g/mol. The Morgan fingerprint density at radius 1 is 0.737 bits per heavy atom. The highest BCUT2D eigenvalue weighted by Crippen LogP contribution is 2.16. The second-order valence-corrected chi connectivity index (χ2v) is 4.34. The lowest BCUT2D eigenvalue weighted by Crippen LogP contribution is -1.81. The summed E-state index contributed by atoms with van der Waals surface area (Å²) in [6, 6.07) is 23.9. The molecule has 1 heteroatoms. The summed E-state index contributed by atoms with van der Waals surface area (Å²) in [5, 5.41) is 2.14. The molecule has 0 spiro atoms. The van der Waals surface area contributed by atoms with E-state index in [2.05, 4.69) is 19.1 Å². The van der Waals surface area contributed by atoms with Gasteiger partial charge in [-0.25, -0.2) is 0 Å². The van der Waals surface area contributed by atoms with Crippen LogP contribution in [0, 0.1) is 6.92 Å². The van der Waals surface area contributed by atoms with Crippen molar-refractivity contribution in [3.8, 4) is 0 Å². The van der Waals surface area contributed by atoms with Crippen molar-refractivity contribution in [2.24, 2.45) is 0 Å². The highest BCUT2D eigenvalue weighted by molar-refractivity contribution is 5.97. The fraction of sp³-hybridized carbons (Fsp3) is 0.0556. The number of carbonyl (C=O) groups is 1. The Morgan fingerprint density at radius 2 is 1.37 bits per heavy atom. The van der Waals surface area contributed by atoms with Crippen LogP contribution in [-0.2, 0) is 0 Å². The second kappa shape index (κ2) is 6.50. The Bertz CT molecular complexity index is 651. The van der Waals surface area contributed by atoms with Crippen LogP contribution in [0.2, 0.25) is 0 Å². The van der Waals surface area contributed by atoms with Crippen molar-refractivity contribution >= 4 is 17.1 Å². The molecule has 3 aromatic carbocycles. The SMILES string of the molecule is Cc1ccccc1.O=Cc1cccc2ccccc12. The minimum Gasteiger partial charge on any atom is -0.298 e. The standard InChI is InChI=1S/C11H8O.C7H8/c12-8-10-6-3-5-9-4-1-2-7-11(9)10;1-7-5-3-2-4-6-7/h1-8H;2-6H,1H3. The largest absolute Gasteiger partial charge is 0.298 e. The van der Waals surface area contributed by atoms with Gasteiger partial charge in [-0.2, -0.15) is 0 Å². The van der Waals surface area contributed by atoms with Gasteiger partial charge in [0, 0.05) is 5.56 Å². The lowest BCUT2D eigenvalue weighted by molar-refractivity contribution is 0.112. The molecule has 0 fully saturated rings. The predicted octanol–water partition coefficient (Wildman–Crippen LogP) is 4.65. The van der Waals surface area contributed by atoms with Crippen molar-refractivity contribution in [3.05, 3.63) is 83.9 Å². The molecule has 0 aliphatic heterocycles. The fourth-order valence-corrected chi connectivity index (χ4v) is 1.89. The monoisotopic (exact) mass is 248 g/mol. The number of aldehydes is 1. The van der Waals surface area contributed by atoms with Crippen molar-refractivity contribution in [2.45, 2.75) is 6.92 Å². The fourth-order valence-electron chi connectivity index (χ4n) is 1.89. The number of rotatable bonds is 1. The van der Waals surface area contributed by atoms with Crippen molar-refractivity contribution in [3.63, 3.8) is 0 Å². The van der Waals surface area contributed by atoms with E-state index < -0.39 is 0 Å². The number of fused-ring (bicyclic) bond motifs is 1. The van der Waals surface area contributed by atoms with E-state index in [0.717, 1.165) is 22.6 Å². The van der Waals surface area contributed by atoms with E-state index in [1.165, 1.54) is 5.56 Å². The molecule has 0 bridgehead atoms. The molecular weight excluding hydrogens is 232 g/mol. The molecule has 94 valence electrons. The van der Waals surface area contributed by atoms with Crippen LogP contribution in [0.5, 0.6) is 0 Å². The zero-order valence-corrected chi connectivity index (χ0v) is 10.9. The summed E-state index contributed by atoms with van der Waals surface area (Å²) in [6.07, 6.45) is 0.891. The van der Waals surface area contributed by atoms with Gasteiger partial charge in [-0.15, -0.1) is 0 Å². The first kappa shape index (κ1) is 13.0. The maximum absolute atomic E-state index is 10.6. The smallest absolute Gasteiger partial charge is 0.150 e. The predicted molar refractivity (Wildman–Crippen MR) is 80.5 cm³/mol. The number of benzene rings is 3. The van der Waals surface area contributed by atoms with Crippen molar-refractivity contribution in [1.29, 1.82) is 0 Å². The first-order valence-corrected chi connectivity index (χ1v) is 6.26. The Hall–Kier alpha value is -2.41.